The molecule has 0 bridgehead atoms. The van der Waals surface area contributed by atoms with Crippen molar-refractivity contribution in [1.29, 1.82) is 0 Å². The number of carbonyl (C=O) groups is 1. The van der Waals surface area contributed by atoms with E-state index in [1.165, 1.54) is 19.1 Å². The van der Waals surface area contributed by atoms with Gasteiger partial charge >= 0.3 is 0 Å². The first-order valence-electron chi connectivity index (χ1n) is 8.31. The predicted octanol–water partition coefficient (Wildman–Crippen LogP) is 3.85. The van der Waals surface area contributed by atoms with Gasteiger partial charge in [-0.25, -0.2) is 4.39 Å². The minimum atomic E-state index is -0.522. The molecule has 0 fully saturated rings. The molecule has 0 atom stereocenters. The van der Waals surface area contributed by atoms with Crippen LogP contribution < -0.4 is 10.9 Å². The SMILES string of the molecule is CC(=O)c1c(F)cccc1NCc1ccc(Cn2ccccc2=O)cc1. The predicted molar refractivity (Wildman–Crippen MR) is 100.0 cm³/mol. The van der Waals surface area contributed by atoms with E-state index in [0.29, 0.717) is 18.8 Å². The van der Waals surface area contributed by atoms with Crippen LogP contribution in [0.15, 0.2) is 71.7 Å². The van der Waals surface area contributed by atoms with E-state index in [0.717, 1.165) is 11.1 Å². The molecule has 3 aromatic rings. The van der Waals surface area contributed by atoms with Crippen LogP contribution in [-0.2, 0) is 13.1 Å². The molecule has 0 saturated carbocycles. The Morgan fingerprint density at radius 2 is 1.73 bits per heavy atom. The highest BCUT2D eigenvalue weighted by Crippen LogP contribution is 2.20. The fourth-order valence-corrected chi connectivity index (χ4v) is 2.78. The van der Waals surface area contributed by atoms with E-state index < -0.39 is 5.82 Å². The molecule has 2 aromatic carbocycles. The molecule has 0 spiro atoms. The number of aromatic nitrogens is 1. The Morgan fingerprint density at radius 1 is 1.00 bits per heavy atom. The van der Waals surface area contributed by atoms with Gasteiger partial charge in [0, 0.05) is 24.5 Å². The molecule has 132 valence electrons. The molecule has 1 N–H and O–H groups in total. The van der Waals surface area contributed by atoms with Crippen LogP contribution in [0.1, 0.15) is 28.4 Å². The first-order valence-corrected chi connectivity index (χ1v) is 8.31. The molecule has 1 aromatic heterocycles. The quantitative estimate of drug-likeness (QED) is 0.687. The molecule has 0 unspecified atom stereocenters. The molecule has 4 nitrogen and oxygen atoms in total. The number of rotatable bonds is 6. The molecular formula is C21H19FN2O2. The van der Waals surface area contributed by atoms with Gasteiger partial charge in [0.2, 0.25) is 0 Å². The number of nitrogens with zero attached hydrogens (tertiary/aromatic N) is 1. The molecular weight excluding hydrogens is 331 g/mol. The van der Waals surface area contributed by atoms with Crippen molar-refractivity contribution in [3.63, 3.8) is 0 Å². The van der Waals surface area contributed by atoms with Gasteiger partial charge in [0.1, 0.15) is 5.82 Å². The van der Waals surface area contributed by atoms with Gasteiger partial charge in [-0.3, -0.25) is 9.59 Å². The highest BCUT2D eigenvalue weighted by atomic mass is 19.1. The minimum absolute atomic E-state index is 0.0406. The van der Waals surface area contributed by atoms with Gasteiger partial charge in [0.15, 0.2) is 5.78 Å². The first kappa shape index (κ1) is 17.6. The zero-order valence-electron chi connectivity index (χ0n) is 14.4. The number of hydrogen-bond donors (Lipinski definition) is 1. The summed E-state index contributed by atoms with van der Waals surface area (Å²) in [4.78, 5) is 23.4. The number of halogens is 1. The van der Waals surface area contributed by atoms with Gasteiger partial charge in [0.05, 0.1) is 12.1 Å². The van der Waals surface area contributed by atoms with Crippen LogP contribution >= 0.6 is 0 Å². The van der Waals surface area contributed by atoms with Crippen molar-refractivity contribution in [2.24, 2.45) is 0 Å². The second-order valence-corrected chi connectivity index (χ2v) is 6.06. The standard InChI is InChI=1S/C21H19FN2O2/c1-15(25)21-18(22)5-4-6-19(21)23-13-16-8-10-17(11-9-16)14-24-12-3-2-7-20(24)26/h2-12,23H,13-14H2,1H3. The molecule has 5 heteroatoms. The largest absolute Gasteiger partial charge is 0.380 e. The Balaban J connectivity index is 1.69. The Kier molecular flexibility index (Phi) is 5.27. The average Bonchev–Trinajstić information content (AvgIpc) is 2.63. The molecule has 0 aliphatic carbocycles. The van der Waals surface area contributed by atoms with E-state index in [9.17, 15) is 14.0 Å². The Labute approximate surface area is 150 Å². The number of pyridine rings is 1. The third-order valence-electron chi connectivity index (χ3n) is 4.12. The van der Waals surface area contributed by atoms with Gasteiger partial charge in [-0.05, 0) is 36.2 Å². The van der Waals surface area contributed by atoms with Crippen molar-refractivity contribution >= 4 is 11.5 Å². The summed E-state index contributed by atoms with van der Waals surface area (Å²) in [5.74, 6) is -0.833. The van der Waals surface area contributed by atoms with E-state index in [1.54, 1.807) is 29.0 Å². The molecule has 0 amide bonds. The lowest BCUT2D eigenvalue weighted by Crippen LogP contribution is -2.18. The lowest BCUT2D eigenvalue weighted by atomic mass is 10.1. The van der Waals surface area contributed by atoms with Crippen LogP contribution in [0.4, 0.5) is 10.1 Å². The van der Waals surface area contributed by atoms with Gasteiger partial charge < -0.3 is 9.88 Å². The molecule has 0 saturated heterocycles. The monoisotopic (exact) mass is 350 g/mol. The summed E-state index contributed by atoms with van der Waals surface area (Å²) in [5, 5.41) is 3.11. The van der Waals surface area contributed by atoms with Gasteiger partial charge in [-0.15, -0.1) is 0 Å². The van der Waals surface area contributed by atoms with Crippen LogP contribution in [0.5, 0.6) is 0 Å². The second kappa shape index (κ2) is 7.78. The molecule has 0 aliphatic rings. The van der Waals surface area contributed by atoms with Crippen LogP contribution in [0, 0.1) is 5.82 Å². The van der Waals surface area contributed by atoms with E-state index >= 15 is 0 Å². The Bertz CT molecular complexity index is 978. The number of hydrogen-bond acceptors (Lipinski definition) is 3. The second-order valence-electron chi connectivity index (χ2n) is 6.06. The van der Waals surface area contributed by atoms with E-state index in [-0.39, 0.29) is 16.9 Å². The lowest BCUT2D eigenvalue weighted by molar-refractivity contribution is 0.101. The third-order valence-corrected chi connectivity index (χ3v) is 4.12. The fourth-order valence-electron chi connectivity index (χ4n) is 2.78. The zero-order chi connectivity index (χ0) is 18.5. The van der Waals surface area contributed by atoms with E-state index in [1.807, 2.05) is 30.3 Å². The summed E-state index contributed by atoms with van der Waals surface area (Å²) in [7, 11) is 0. The topological polar surface area (TPSA) is 51.1 Å². The summed E-state index contributed by atoms with van der Waals surface area (Å²) in [6.07, 6.45) is 1.75. The maximum atomic E-state index is 13.8. The van der Waals surface area contributed by atoms with Gasteiger partial charge in [-0.2, -0.15) is 0 Å². The summed E-state index contributed by atoms with van der Waals surface area (Å²) < 4.78 is 15.5. The fraction of sp³-hybridized carbons (Fsp3) is 0.143. The Morgan fingerprint density at radius 3 is 2.42 bits per heavy atom. The summed E-state index contributed by atoms with van der Waals surface area (Å²) in [6.45, 7) is 2.32. The number of ketones is 1. The van der Waals surface area contributed by atoms with Crippen molar-refractivity contribution in [2.75, 3.05) is 5.32 Å². The van der Waals surface area contributed by atoms with Crippen molar-refractivity contribution in [3.05, 3.63) is 99.7 Å². The van der Waals surface area contributed by atoms with Crippen LogP contribution in [0.2, 0.25) is 0 Å². The van der Waals surface area contributed by atoms with Crippen molar-refractivity contribution in [3.8, 4) is 0 Å². The highest BCUT2D eigenvalue weighted by molar-refractivity contribution is 5.99. The average molecular weight is 350 g/mol. The minimum Gasteiger partial charge on any atom is -0.380 e. The molecule has 26 heavy (non-hydrogen) atoms. The number of anilines is 1. The van der Waals surface area contributed by atoms with Crippen LogP contribution in [-0.4, -0.2) is 10.4 Å². The summed E-state index contributed by atoms with van der Waals surface area (Å²) in [6, 6.07) is 17.4. The zero-order valence-corrected chi connectivity index (χ0v) is 14.4. The molecule has 0 aliphatic heterocycles. The summed E-state index contributed by atoms with van der Waals surface area (Å²) >= 11 is 0. The number of benzene rings is 2. The van der Waals surface area contributed by atoms with Crippen molar-refractivity contribution < 1.29 is 9.18 Å². The molecule has 3 rings (SSSR count). The van der Waals surface area contributed by atoms with E-state index in [2.05, 4.69) is 5.32 Å². The highest BCUT2D eigenvalue weighted by Gasteiger charge is 2.12. The summed E-state index contributed by atoms with van der Waals surface area (Å²) in [5.41, 5.74) is 2.52. The number of Topliss-reactive ketones (excluding diaryl/α,β-unsaturated/α-hetero) is 1. The molecule has 0 radical (unpaired) electrons. The maximum Gasteiger partial charge on any atom is 0.250 e. The third kappa shape index (κ3) is 4.06. The van der Waals surface area contributed by atoms with Crippen LogP contribution in [0.25, 0.3) is 0 Å². The van der Waals surface area contributed by atoms with Crippen molar-refractivity contribution in [1.82, 2.24) is 4.57 Å². The maximum absolute atomic E-state index is 13.8. The lowest BCUT2D eigenvalue weighted by Gasteiger charge is -2.12. The van der Waals surface area contributed by atoms with Gasteiger partial charge in [-0.1, -0.05) is 36.4 Å². The first-order chi connectivity index (χ1) is 12.5. The normalized spacial score (nSPS) is 10.5. The van der Waals surface area contributed by atoms with E-state index in [4.69, 9.17) is 0 Å². The van der Waals surface area contributed by atoms with Gasteiger partial charge in [0.25, 0.3) is 5.56 Å². The number of nitrogens with one attached hydrogen (secondary N) is 1. The Hall–Kier alpha value is -3.21. The van der Waals surface area contributed by atoms with Crippen molar-refractivity contribution in [2.45, 2.75) is 20.0 Å². The smallest absolute Gasteiger partial charge is 0.250 e. The molecule has 1 heterocycles. The van der Waals surface area contributed by atoms with Crippen LogP contribution in [0.3, 0.4) is 0 Å². The number of carbonyl (C=O) groups excluding carboxylic acids is 1.